The summed E-state index contributed by atoms with van der Waals surface area (Å²) >= 11 is 12.4. The summed E-state index contributed by atoms with van der Waals surface area (Å²) in [6.07, 6.45) is 4.76. The Balaban J connectivity index is 1.75. The largest absolute Gasteiger partial charge is 0.444 e. The van der Waals surface area contributed by atoms with Crippen molar-refractivity contribution in [1.82, 2.24) is 30.0 Å². The van der Waals surface area contributed by atoms with E-state index in [4.69, 9.17) is 27.9 Å². The molecule has 2 aromatic rings. The molecule has 0 unspecified atom stereocenters. The van der Waals surface area contributed by atoms with Gasteiger partial charge in [-0.05, 0) is 62.6 Å². The van der Waals surface area contributed by atoms with E-state index in [0.717, 1.165) is 41.5 Å². The standard InChI is InChI=1S/C22H30Cl2N6O4/c1-22(2,3)34-19(31)25-13-8-14-28(15-9-5-4-6-10-15)20(32)30-21(33)29(26-27-30)18-16(23)11-7-12-17(18)24/h7,11-12,15H,4-6,8-10,13-14H2,1-3H3,(H,25,31). The fourth-order valence-electron chi connectivity index (χ4n) is 3.90. The number of carbonyl (C=O) groups excluding carboxylic acids is 2. The van der Waals surface area contributed by atoms with Crippen molar-refractivity contribution >= 4 is 35.3 Å². The third-order valence-corrected chi connectivity index (χ3v) is 6.03. The number of hydrogen-bond donors (Lipinski definition) is 1. The Morgan fingerprint density at radius 3 is 2.41 bits per heavy atom. The molecule has 0 bridgehead atoms. The Hall–Kier alpha value is -2.59. The molecule has 0 atom stereocenters. The van der Waals surface area contributed by atoms with Gasteiger partial charge in [-0.2, -0.15) is 4.68 Å². The van der Waals surface area contributed by atoms with Crippen molar-refractivity contribution in [3.8, 4) is 5.69 Å². The van der Waals surface area contributed by atoms with Crippen LogP contribution in [0.1, 0.15) is 59.3 Å². The minimum Gasteiger partial charge on any atom is -0.444 e. The summed E-state index contributed by atoms with van der Waals surface area (Å²) < 4.78 is 6.89. The summed E-state index contributed by atoms with van der Waals surface area (Å²) in [6, 6.07) is 4.20. The van der Waals surface area contributed by atoms with Crippen LogP contribution in [0.2, 0.25) is 10.0 Å². The van der Waals surface area contributed by atoms with E-state index in [1.165, 1.54) is 0 Å². The van der Waals surface area contributed by atoms with Crippen LogP contribution in [-0.2, 0) is 4.74 Å². The van der Waals surface area contributed by atoms with Crippen molar-refractivity contribution in [1.29, 1.82) is 0 Å². The molecule has 0 spiro atoms. The molecule has 1 N–H and O–H groups in total. The number of aromatic nitrogens is 4. The maximum absolute atomic E-state index is 13.4. The van der Waals surface area contributed by atoms with Gasteiger partial charge in [-0.25, -0.2) is 14.4 Å². The first-order valence-electron chi connectivity index (χ1n) is 11.4. The summed E-state index contributed by atoms with van der Waals surface area (Å²) in [4.78, 5) is 39.9. The fourth-order valence-corrected chi connectivity index (χ4v) is 4.46. The van der Waals surface area contributed by atoms with Crippen LogP contribution in [0.25, 0.3) is 5.69 Å². The van der Waals surface area contributed by atoms with E-state index in [1.807, 2.05) is 0 Å². The molecule has 2 amide bonds. The minimum atomic E-state index is -0.757. The van der Waals surface area contributed by atoms with Gasteiger partial charge < -0.3 is 15.0 Å². The Kier molecular flexibility index (Phi) is 8.59. The topological polar surface area (TPSA) is 111 Å². The first-order valence-corrected chi connectivity index (χ1v) is 12.1. The van der Waals surface area contributed by atoms with Gasteiger partial charge in [0.15, 0.2) is 0 Å². The van der Waals surface area contributed by atoms with Crippen molar-refractivity contribution in [2.45, 2.75) is 70.9 Å². The maximum atomic E-state index is 13.4. The molecule has 1 saturated carbocycles. The Labute approximate surface area is 208 Å². The number of tetrazole rings is 1. The lowest BCUT2D eigenvalue weighted by atomic mass is 9.94. The molecule has 1 heterocycles. The summed E-state index contributed by atoms with van der Waals surface area (Å²) in [5.41, 5.74) is -1.18. The van der Waals surface area contributed by atoms with E-state index in [1.54, 1.807) is 43.9 Å². The van der Waals surface area contributed by atoms with Crippen LogP contribution in [0.5, 0.6) is 0 Å². The average molecular weight is 513 g/mol. The smallest absolute Gasteiger partial charge is 0.407 e. The number of nitrogens with zero attached hydrogens (tertiary/aromatic N) is 5. The molecule has 3 rings (SSSR count). The van der Waals surface area contributed by atoms with Crippen molar-refractivity contribution in [3.05, 3.63) is 38.7 Å². The van der Waals surface area contributed by atoms with Gasteiger partial charge >= 0.3 is 17.8 Å². The number of halogens is 2. The number of carbonyl (C=O) groups is 2. The lowest BCUT2D eigenvalue weighted by molar-refractivity contribution is 0.0525. The Bertz CT molecular complexity index is 1050. The van der Waals surface area contributed by atoms with Gasteiger partial charge in [0.05, 0.1) is 10.0 Å². The molecular weight excluding hydrogens is 483 g/mol. The molecule has 1 aliphatic carbocycles. The van der Waals surface area contributed by atoms with Gasteiger partial charge in [-0.1, -0.05) is 48.5 Å². The van der Waals surface area contributed by atoms with Gasteiger partial charge in [-0.15, -0.1) is 4.68 Å². The maximum Gasteiger partial charge on any atom is 0.407 e. The van der Waals surface area contributed by atoms with Crippen molar-refractivity contribution in [3.63, 3.8) is 0 Å². The number of rotatable bonds is 6. The number of ether oxygens (including phenoxy) is 1. The summed E-state index contributed by atoms with van der Waals surface area (Å²) in [6.45, 7) is 6.03. The number of alkyl carbamates (subject to hydrolysis) is 1. The fraction of sp³-hybridized carbons (Fsp3) is 0.591. The highest BCUT2D eigenvalue weighted by Gasteiger charge is 2.29. The zero-order valence-electron chi connectivity index (χ0n) is 19.6. The SMILES string of the molecule is CC(C)(C)OC(=O)NCCCN(C(=O)n1nnn(-c2c(Cl)cccc2Cl)c1=O)C1CCCCC1. The second-order valence-electron chi connectivity index (χ2n) is 9.21. The van der Waals surface area contributed by atoms with E-state index < -0.39 is 23.4 Å². The van der Waals surface area contributed by atoms with Gasteiger partial charge in [0.25, 0.3) is 0 Å². The van der Waals surface area contributed by atoms with Crippen LogP contribution >= 0.6 is 23.2 Å². The number of nitrogens with one attached hydrogen (secondary N) is 1. The highest BCUT2D eigenvalue weighted by atomic mass is 35.5. The van der Waals surface area contributed by atoms with Crippen molar-refractivity contribution < 1.29 is 14.3 Å². The van der Waals surface area contributed by atoms with Crippen molar-refractivity contribution in [2.75, 3.05) is 13.1 Å². The van der Waals surface area contributed by atoms with E-state index in [0.29, 0.717) is 19.5 Å². The molecule has 1 aliphatic rings. The number of hydrogen-bond acceptors (Lipinski definition) is 6. The second kappa shape index (κ2) is 11.2. The molecule has 0 aliphatic heterocycles. The minimum absolute atomic E-state index is 0.0243. The molecule has 10 nitrogen and oxygen atoms in total. The lowest BCUT2D eigenvalue weighted by Crippen LogP contribution is -2.48. The lowest BCUT2D eigenvalue weighted by Gasteiger charge is -2.33. The third-order valence-electron chi connectivity index (χ3n) is 5.42. The van der Waals surface area contributed by atoms with E-state index in [-0.39, 0.29) is 21.8 Å². The zero-order valence-corrected chi connectivity index (χ0v) is 21.1. The first kappa shape index (κ1) is 26.0. The quantitative estimate of drug-likeness (QED) is 0.457. The molecular formula is C22H30Cl2N6O4. The van der Waals surface area contributed by atoms with Crippen LogP contribution < -0.4 is 11.0 Å². The molecule has 1 aromatic carbocycles. The normalized spacial score (nSPS) is 14.6. The predicted molar refractivity (Wildman–Crippen MR) is 129 cm³/mol. The van der Waals surface area contributed by atoms with Gasteiger partial charge in [-0.3, -0.25) is 0 Å². The molecule has 12 heteroatoms. The molecule has 0 radical (unpaired) electrons. The number of amides is 2. The summed E-state index contributed by atoms with van der Waals surface area (Å²) in [7, 11) is 0. The third kappa shape index (κ3) is 6.50. The first-order chi connectivity index (χ1) is 16.1. The van der Waals surface area contributed by atoms with Crippen LogP contribution in [0, 0.1) is 0 Å². The zero-order chi connectivity index (χ0) is 24.9. The average Bonchev–Trinajstić information content (AvgIpc) is 3.13. The molecule has 34 heavy (non-hydrogen) atoms. The predicted octanol–water partition coefficient (Wildman–Crippen LogP) is 4.25. The van der Waals surface area contributed by atoms with Gasteiger partial charge in [0.1, 0.15) is 11.3 Å². The van der Waals surface area contributed by atoms with Crippen LogP contribution in [0.15, 0.2) is 23.0 Å². The monoisotopic (exact) mass is 512 g/mol. The van der Waals surface area contributed by atoms with Gasteiger partial charge in [0.2, 0.25) is 0 Å². The van der Waals surface area contributed by atoms with Crippen LogP contribution in [0.4, 0.5) is 9.59 Å². The van der Waals surface area contributed by atoms with E-state index >= 15 is 0 Å². The van der Waals surface area contributed by atoms with Crippen LogP contribution in [0.3, 0.4) is 0 Å². The molecule has 1 fully saturated rings. The van der Waals surface area contributed by atoms with E-state index in [9.17, 15) is 14.4 Å². The molecule has 0 saturated heterocycles. The van der Waals surface area contributed by atoms with Crippen molar-refractivity contribution in [2.24, 2.45) is 0 Å². The highest BCUT2D eigenvalue weighted by molar-refractivity contribution is 6.37. The second-order valence-corrected chi connectivity index (χ2v) is 10.0. The highest BCUT2D eigenvalue weighted by Crippen LogP contribution is 2.27. The number of benzene rings is 1. The van der Waals surface area contributed by atoms with E-state index in [2.05, 4.69) is 15.7 Å². The Morgan fingerprint density at radius 2 is 1.79 bits per heavy atom. The van der Waals surface area contributed by atoms with Gasteiger partial charge in [0, 0.05) is 19.1 Å². The summed E-state index contributed by atoms with van der Waals surface area (Å²) in [5.74, 6) is 0. The molecule has 186 valence electrons. The summed E-state index contributed by atoms with van der Waals surface area (Å²) in [5, 5.41) is 10.8. The molecule has 1 aromatic heterocycles. The Morgan fingerprint density at radius 1 is 1.15 bits per heavy atom. The van der Waals surface area contributed by atoms with Crippen LogP contribution in [-0.4, -0.2) is 61.5 Å². The number of para-hydroxylation sites is 1.